The maximum Gasteiger partial charge on any atom is 0.166 e. The third-order valence-corrected chi connectivity index (χ3v) is 4.51. The van der Waals surface area contributed by atoms with E-state index in [0.717, 1.165) is 5.69 Å². The van der Waals surface area contributed by atoms with Crippen LogP contribution in [0.4, 0.5) is 0 Å². The van der Waals surface area contributed by atoms with E-state index in [-0.39, 0.29) is 23.0 Å². The average Bonchev–Trinajstić information content (AvgIpc) is 2.95. The third-order valence-electron chi connectivity index (χ3n) is 3.09. The highest BCUT2D eigenvalue weighted by Crippen LogP contribution is 2.23. The minimum atomic E-state index is -3.44. The normalized spacial score (nSPS) is 13.0. The van der Waals surface area contributed by atoms with Crippen molar-refractivity contribution in [2.24, 2.45) is 0 Å². The molecule has 0 N–H and O–H groups in total. The molecule has 8 nitrogen and oxygen atoms in total. The molecule has 2 rings (SSSR count). The molecule has 2 aromatic rings. The van der Waals surface area contributed by atoms with Gasteiger partial charge >= 0.3 is 0 Å². The molecular formula is C13H21N5O3S. The van der Waals surface area contributed by atoms with Crippen molar-refractivity contribution in [1.29, 1.82) is 0 Å². The molecule has 0 unspecified atom stereocenters. The molecule has 9 heteroatoms. The molecule has 0 aliphatic rings. The quantitative estimate of drug-likeness (QED) is 0.822. The Kier molecular flexibility index (Phi) is 4.37. The van der Waals surface area contributed by atoms with Crippen LogP contribution in [-0.2, 0) is 26.8 Å². The van der Waals surface area contributed by atoms with Gasteiger partial charge in [0.2, 0.25) is 0 Å². The van der Waals surface area contributed by atoms with Crippen LogP contribution in [0.5, 0.6) is 0 Å². The van der Waals surface area contributed by atoms with E-state index in [1.54, 1.807) is 6.07 Å². The Hall–Kier alpha value is -1.77. The van der Waals surface area contributed by atoms with Crippen LogP contribution in [0.25, 0.3) is 0 Å². The maximum absolute atomic E-state index is 12.3. The van der Waals surface area contributed by atoms with Gasteiger partial charge in [0.25, 0.3) is 0 Å². The van der Waals surface area contributed by atoms with Crippen molar-refractivity contribution in [3.05, 3.63) is 23.3 Å². The number of rotatable bonds is 5. The summed E-state index contributed by atoms with van der Waals surface area (Å²) in [5.41, 5.74) is 0.539. The van der Waals surface area contributed by atoms with Crippen molar-refractivity contribution in [3.8, 4) is 0 Å². The van der Waals surface area contributed by atoms with Crippen molar-refractivity contribution >= 4 is 9.84 Å². The van der Waals surface area contributed by atoms with Gasteiger partial charge in [-0.25, -0.2) is 13.1 Å². The van der Waals surface area contributed by atoms with E-state index in [1.807, 2.05) is 34.6 Å². The molecule has 0 bridgehead atoms. The van der Waals surface area contributed by atoms with Crippen LogP contribution in [0.3, 0.4) is 0 Å². The zero-order valence-corrected chi connectivity index (χ0v) is 14.3. The number of hydrogen-bond acceptors (Lipinski definition) is 7. The summed E-state index contributed by atoms with van der Waals surface area (Å²) in [6.45, 7) is 9.73. The van der Waals surface area contributed by atoms with Crippen LogP contribution in [0, 0.1) is 0 Å². The van der Waals surface area contributed by atoms with Crippen molar-refractivity contribution in [1.82, 2.24) is 25.4 Å². The van der Waals surface area contributed by atoms with Gasteiger partial charge in [-0.05, 0) is 24.3 Å². The van der Waals surface area contributed by atoms with Gasteiger partial charge in [0.15, 0.2) is 21.4 Å². The second-order valence-electron chi connectivity index (χ2n) is 6.59. The van der Waals surface area contributed by atoms with E-state index in [9.17, 15) is 8.42 Å². The predicted molar refractivity (Wildman–Crippen MR) is 79.7 cm³/mol. The minimum Gasteiger partial charge on any atom is -0.360 e. The first-order chi connectivity index (χ1) is 10.1. The van der Waals surface area contributed by atoms with Crippen molar-refractivity contribution < 1.29 is 12.9 Å². The second kappa shape index (κ2) is 5.79. The standard InChI is InChI=1S/C13H21N5O3S/c1-9(2)18-12(14-16-17-18)8-22(19,20)7-10-6-11(15-21-10)13(3,4)5/h6,9H,7-8H2,1-5H3. The largest absolute Gasteiger partial charge is 0.360 e. The van der Waals surface area contributed by atoms with Gasteiger partial charge < -0.3 is 4.52 Å². The summed E-state index contributed by atoms with van der Waals surface area (Å²) in [6.07, 6.45) is 0. The SMILES string of the molecule is CC(C)n1nnnc1CS(=O)(=O)Cc1cc(C(C)(C)C)no1. The van der Waals surface area contributed by atoms with E-state index >= 15 is 0 Å². The Labute approximate surface area is 129 Å². The minimum absolute atomic E-state index is 0.00188. The molecule has 0 aromatic carbocycles. The van der Waals surface area contributed by atoms with Gasteiger partial charge in [0, 0.05) is 11.5 Å². The van der Waals surface area contributed by atoms with Crippen LogP contribution >= 0.6 is 0 Å². The van der Waals surface area contributed by atoms with Crippen LogP contribution in [0.2, 0.25) is 0 Å². The van der Waals surface area contributed by atoms with Gasteiger partial charge in [0.1, 0.15) is 11.5 Å². The summed E-state index contributed by atoms with van der Waals surface area (Å²) < 4.78 is 31.2. The summed E-state index contributed by atoms with van der Waals surface area (Å²) >= 11 is 0. The topological polar surface area (TPSA) is 104 Å². The Morgan fingerprint density at radius 1 is 1.27 bits per heavy atom. The number of nitrogens with zero attached hydrogens (tertiary/aromatic N) is 5. The van der Waals surface area contributed by atoms with Gasteiger partial charge in [-0.15, -0.1) is 5.10 Å². The Balaban J connectivity index is 2.15. The molecule has 0 aliphatic heterocycles. The lowest BCUT2D eigenvalue weighted by atomic mass is 9.92. The highest BCUT2D eigenvalue weighted by molar-refractivity contribution is 7.89. The maximum atomic E-state index is 12.3. The van der Waals surface area contributed by atoms with Gasteiger partial charge in [-0.1, -0.05) is 25.9 Å². The Morgan fingerprint density at radius 2 is 1.95 bits per heavy atom. The molecule has 0 fully saturated rings. The highest BCUT2D eigenvalue weighted by atomic mass is 32.2. The molecule has 0 atom stereocenters. The van der Waals surface area contributed by atoms with Gasteiger partial charge in [-0.2, -0.15) is 0 Å². The first kappa shape index (κ1) is 16.6. The zero-order valence-electron chi connectivity index (χ0n) is 13.4. The number of tetrazole rings is 1. The van der Waals surface area contributed by atoms with Crippen molar-refractivity contribution in [3.63, 3.8) is 0 Å². The lowest BCUT2D eigenvalue weighted by molar-refractivity contribution is 0.372. The summed E-state index contributed by atoms with van der Waals surface area (Å²) in [5, 5.41) is 15.0. The molecule has 122 valence electrons. The first-order valence-corrected chi connectivity index (χ1v) is 8.84. The molecule has 22 heavy (non-hydrogen) atoms. The Bertz CT molecular complexity index is 740. The van der Waals surface area contributed by atoms with E-state index in [0.29, 0.717) is 11.6 Å². The molecule has 0 aliphatic carbocycles. The molecule has 0 radical (unpaired) electrons. The second-order valence-corrected chi connectivity index (χ2v) is 8.66. The molecule has 0 saturated carbocycles. The van der Waals surface area contributed by atoms with E-state index < -0.39 is 9.84 Å². The third kappa shape index (κ3) is 3.90. The fourth-order valence-corrected chi connectivity index (χ4v) is 3.16. The molecule has 0 spiro atoms. The smallest absolute Gasteiger partial charge is 0.166 e. The van der Waals surface area contributed by atoms with Crippen LogP contribution < -0.4 is 0 Å². The first-order valence-electron chi connectivity index (χ1n) is 7.02. The van der Waals surface area contributed by atoms with Crippen molar-refractivity contribution in [2.75, 3.05) is 0 Å². The predicted octanol–water partition coefficient (Wildman–Crippen LogP) is 1.65. The monoisotopic (exact) mass is 327 g/mol. The molecule has 0 amide bonds. The van der Waals surface area contributed by atoms with Crippen LogP contribution in [-0.4, -0.2) is 33.8 Å². The lowest BCUT2D eigenvalue weighted by Gasteiger charge is -2.12. The fourth-order valence-electron chi connectivity index (χ4n) is 1.91. The summed E-state index contributed by atoms with van der Waals surface area (Å²) in [7, 11) is -3.44. The molecule has 2 aromatic heterocycles. The van der Waals surface area contributed by atoms with Crippen LogP contribution in [0.1, 0.15) is 57.9 Å². The molecule has 0 saturated heterocycles. The summed E-state index contributed by atoms with van der Waals surface area (Å²) in [6, 6.07) is 1.68. The average molecular weight is 327 g/mol. The molecular weight excluding hydrogens is 306 g/mol. The van der Waals surface area contributed by atoms with E-state index in [2.05, 4.69) is 20.7 Å². The zero-order chi connectivity index (χ0) is 16.5. The highest BCUT2D eigenvalue weighted by Gasteiger charge is 2.24. The Morgan fingerprint density at radius 3 is 2.50 bits per heavy atom. The fraction of sp³-hybridized carbons (Fsp3) is 0.692. The lowest BCUT2D eigenvalue weighted by Crippen LogP contribution is -2.14. The van der Waals surface area contributed by atoms with Crippen molar-refractivity contribution in [2.45, 2.75) is 57.6 Å². The van der Waals surface area contributed by atoms with E-state index in [1.165, 1.54) is 4.68 Å². The molecule has 2 heterocycles. The van der Waals surface area contributed by atoms with E-state index in [4.69, 9.17) is 4.52 Å². The van der Waals surface area contributed by atoms with Crippen LogP contribution in [0.15, 0.2) is 10.6 Å². The summed E-state index contributed by atoms with van der Waals surface area (Å²) in [4.78, 5) is 0. The number of hydrogen-bond donors (Lipinski definition) is 0. The number of sulfone groups is 1. The summed E-state index contributed by atoms with van der Waals surface area (Å²) in [5.74, 6) is 0.198. The van der Waals surface area contributed by atoms with Gasteiger partial charge in [-0.3, -0.25) is 0 Å². The number of aromatic nitrogens is 5. The van der Waals surface area contributed by atoms with Gasteiger partial charge in [0.05, 0.1) is 11.7 Å².